The first-order valence-electron chi connectivity index (χ1n) is 5.67. The molecule has 0 aliphatic carbocycles. The van der Waals surface area contributed by atoms with E-state index < -0.39 is 0 Å². The van der Waals surface area contributed by atoms with Gasteiger partial charge in [0.15, 0.2) is 5.76 Å². The van der Waals surface area contributed by atoms with Gasteiger partial charge < -0.3 is 20.2 Å². The lowest BCUT2D eigenvalue weighted by molar-refractivity contribution is 0.473. The van der Waals surface area contributed by atoms with E-state index in [4.69, 9.17) is 10.2 Å². The zero-order valence-corrected chi connectivity index (χ0v) is 9.84. The lowest BCUT2D eigenvalue weighted by Crippen LogP contribution is -2.04. The highest BCUT2D eigenvalue weighted by molar-refractivity contribution is 5.86. The Bertz CT molecular complexity index is 697. The third-order valence-corrected chi connectivity index (χ3v) is 2.78. The van der Waals surface area contributed by atoms with Crippen LogP contribution in [0.5, 0.6) is 5.75 Å². The summed E-state index contributed by atoms with van der Waals surface area (Å²) in [6.45, 7) is 1.82. The van der Waals surface area contributed by atoms with E-state index in [0.717, 1.165) is 16.6 Å². The molecule has 1 aromatic carbocycles. The van der Waals surface area contributed by atoms with E-state index in [1.165, 1.54) is 0 Å². The number of nitrogens with two attached hydrogens (primary N) is 1. The molecule has 0 radical (unpaired) electrons. The van der Waals surface area contributed by atoms with Crippen LogP contribution in [0.2, 0.25) is 0 Å². The second kappa shape index (κ2) is 3.89. The minimum Gasteiger partial charge on any atom is -0.508 e. The molecular formula is C13H13N3O2. The summed E-state index contributed by atoms with van der Waals surface area (Å²) in [6, 6.07) is 6.82. The molecule has 18 heavy (non-hydrogen) atoms. The minimum absolute atomic E-state index is 0.229. The smallest absolute Gasteiger partial charge is 0.211 e. The molecule has 5 heteroatoms. The summed E-state index contributed by atoms with van der Waals surface area (Å²) in [7, 11) is 0. The number of benzene rings is 1. The molecule has 92 valence electrons. The molecular weight excluding hydrogens is 230 g/mol. The maximum atomic E-state index is 9.42. The van der Waals surface area contributed by atoms with Gasteiger partial charge in [-0.2, -0.15) is 0 Å². The molecule has 4 N–H and O–H groups in total. The van der Waals surface area contributed by atoms with Crippen molar-refractivity contribution in [3.8, 4) is 17.2 Å². The molecule has 2 aromatic heterocycles. The Morgan fingerprint density at radius 1 is 1.39 bits per heavy atom. The summed E-state index contributed by atoms with van der Waals surface area (Å²) >= 11 is 0. The second-order valence-corrected chi connectivity index (χ2v) is 4.31. The van der Waals surface area contributed by atoms with Gasteiger partial charge >= 0.3 is 0 Å². The summed E-state index contributed by atoms with van der Waals surface area (Å²) in [6.07, 6.45) is 1.64. The number of fused-ring (bicyclic) bond motifs is 1. The zero-order chi connectivity index (χ0) is 12.7. The number of hydrogen-bond donors (Lipinski definition) is 3. The Balaban J connectivity index is 2.07. The first kappa shape index (κ1) is 10.9. The number of hydrogen-bond acceptors (Lipinski definition) is 4. The van der Waals surface area contributed by atoms with Crippen LogP contribution in [-0.4, -0.2) is 15.1 Å². The molecule has 0 aliphatic heterocycles. The average molecular weight is 243 g/mol. The van der Waals surface area contributed by atoms with Gasteiger partial charge in [0.25, 0.3) is 0 Å². The van der Waals surface area contributed by atoms with Crippen LogP contribution in [0.25, 0.3) is 22.4 Å². The van der Waals surface area contributed by atoms with E-state index in [1.54, 1.807) is 18.3 Å². The largest absolute Gasteiger partial charge is 0.508 e. The summed E-state index contributed by atoms with van der Waals surface area (Å²) < 4.78 is 5.56. The van der Waals surface area contributed by atoms with E-state index in [2.05, 4.69) is 9.97 Å². The average Bonchev–Trinajstić information content (AvgIpc) is 2.93. The SMILES string of the molecule is CC(N)c1ncc(-c2cc3cc(O)ccc3[nH]2)o1. The number of aromatic nitrogens is 2. The van der Waals surface area contributed by atoms with E-state index in [9.17, 15) is 5.11 Å². The molecule has 1 unspecified atom stereocenters. The molecule has 3 aromatic rings. The molecule has 0 aliphatic rings. The molecule has 3 rings (SSSR count). The fourth-order valence-electron chi connectivity index (χ4n) is 1.88. The lowest BCUT2D eigenvalue weighted by atomic mass is 10.2. The van der Waals surface area contributed by atoms with Gasteiger partial charge in [0, 0.05) is 10.9 Å². The van der Waals surface area contributed by atoms with Gasteiger partial charge in [0.05, 0.1) is 17.9 Å². The standard InChI is InChI=1S/C13H13N3O2/c1-7(14)13-15-6-12(18-13)11-5-8-4-9(17)2-3-10(8)16-11/h2-7,16-17H,14H2,1H3. The van der Waals surface area contributed by atoms with Crippen LogP contribution in [-0.2, 0) is 0 Å². The number of H-pyrrole nitrogens is 1. The minimum atomic E-state index is -0.229. The van der Waals surface area contributed by atoms with Crippen molar-refractivity contribution in [1.82, 2.24) is 9.97 Å². The van der Waals surface area contributed by atoms with Crippen LogP contribution in [0, 0.1) is 0 Å². The highest BCUT2D eigenvalue weighted by Gasteiger charge is 2.11. The number of aromatic amines is 1. The predicted octanol–water partition coefficient (Wildman–Crippen LogP) is 2.55. The Morgan fingerprint density at radius 2 is 2.22 bits per heavy atom. The van der Waals surface area contributed by atoms with Crippen LogP contribution in [0.3, 0.4) is 0 Å². The first-order chi connectivity index (χ1) is 8.63. The molecule has 1 atom stereocenters. The Hall–Kier alpha value is -2.27. The van der Waals surface area contributed by atoms with Gasteiger partial charge in [0.1, 0.15) is 5.75 Å². The number of phenols is 1. The molecule has 0 fully saturated rings. The third-order valence-electron chi connectivity index (χ3n) is 2.78. The Labute approximate surface area is 103 Å². The van der Waals surface area contributed by atoms with Gasteiger partial charge in [-0.25, -0.2) is 4.98 Å². The molecule has 0 amide bonds. The highest BCUT2D eigenvalue weighted by Crippen LogP contribution is 2.27. The number of nitrogens with one attached hydrogen (secondary N) is 1. The number of rotatable bonds is 2. The van der Waals surface area contributed by atoms with E-state index in [-0.39, 0.29) is 11.8 Å². The van der Waals surface area contributed by atoms with Gasteiger partial charge in [-0.15, -0.1) is 0 Å². The van der Waals surface area contributed by atoms with Crippen molar-refractivity contribution >= 4 is 10.9 Å². The summed E-state index contributed by atoms with van der Waals surface area (Å²) in [5.41, 5.74) is 7.45. The van der Waals surface area contributed by atoms with Crippen LogP contribution < -0.4 is 5.73 Å². The lowest BCUT2D eigenvalue weighted by Gasteiger charge is -1.96. The summed E-state index contributed by atoms with van der Waals surface area (Å²) in [5.74, 6) is 1.38. The quantitative estimate of drug-likeness (QED) is 0.645. The molecule has 0 saturated heterocycles. The second-order valence-electron chi connectivity index (χ2n) is 4.31. The monoisotopic (exact) mass is 243 g/mol. The normalized spacial score (nSPS) is 13.0. The number of nitrogens with zero attached hydrogens (tertiary/aromatic N) is 1. The predicted molar refractivity (Wildman–Crippen MR) is 68.1 cm³/mol. The maximum Gasteiger partial charge on any atom is 0.211 e. The van der Waals surface area contributed by atoms with Crippen molar-refractivity contribution in [2.24, 2.45) is 5.73 Å². The van der Waals surface area contributed by atoms with Crippen molar-refractivity contribution in [2.45, 2.75) is 13.0 Å². The first-order valence-corrected chi connectivity index (χ1v) is 5.67. The maximum absolute atomic E-state index is 9.42. The summed E-state index contributed by atoms with van der Waals surface area (Å²) in [5, 5.41) is 10.3. The van der Waals surface area contributed by atoms with Crippen molar-refractivity contribution in [3.63, 3.8) is 0 Å². The van der Waals surface area contributed by atoms with Crippen LogP contribution >= 0.6 is 0 Å². The van der Waals surface area contributed by atoms with Crippen molar-refractivity contribution < 1.29 is 9.52 Å². The number of aromatic hydroxyl groups is 1. The van der Waals surface area contributed by atoms with Crippen molar-refractivity contribution in [3.05, 3.63) is 36.4 Å². The molecule has 2 heterocycles. The van der Waals surface area contributed by atoms with Crippen molar-refractivity contribution in [2.75, 3.05) is 0 Å². The Kier molecular flexibility index (Phi) is 2.34. The van der Waals surface area contributed by atoms with Crippen molar-refractivity contribution in [1.29, 1.82) is 0 Å². The van der Waals surface area contributed by atoms with E-state index in [0.29, 0.717) is 11.7 Å². The summed E-state index contributed by atoms with van der Waals surface area (Å²) in [4.78, 5) is 7.32. The van der Waals surface area contributed by atoms with Crippen LogP contribution in [0.4, 0.5) is 0 Å². The highest BCUT2D eigenvalue weighted by atomic mass is 16.4. The molecule has 5 nitrogen and oxygen atoms in total. The molecule has 0 bridgehead atoms. The van der Waals surface area contributed by atoms with Gasteiger partial charge in [-0.1, -0.05) is 0 Å². The van der Waals surface area contributed by atoms with E-state index >= 15 is 0 Å². The third kappa shape index (κ3) is 1.74. The zero-order valence-electron chi connectivity index (χ0n) is 9.84. The topological polar surface area (TPSA) is 88.1 Å². The number of phenolic OH excluding ortho intramolecular Hbond substituents is 1. The van der Waals surface area contributed by atoms with Crippen LogP contribution in [0.15, 0.2) is 34.9 Å². The van der Waals surface area contributed by atoms with Gasteiger partial charge in [0.2, 0.25) is 5.89 Å². The molecule has 0 spiro atoms. The van der Waals surface area contributed by atoms with E-state index in [1.807, 2.05) is 19.1 Å². The van der Waals surface area contributed by atoms with Gasteiger partial charge in [-0.3, -0.25) is 0 Å². The Morgan fingerprint density at radius 3 is 2.94 bits per heavy atom. The molecule has 0 saturated carbocycles. The van der Waals surface area contributed by atoms with Gasteiger partial charge in [-0.05, 0) is 31.2 Å². The fraction of sp³-hybridized carbons (Fsp3) is 0.154. The fourth-order valence-corrected chi connectivity index (χ4v) is 1.88. The van der Waals surface area contributed by atoms with Crippen LogP contribution in [0.1, 0.15) is 18.9 Å². The number of oxazole rings is 1.